The predicted octanol–water partition coefficient (Wildman–Crippen LogP) is 2.02. The van der Waals surface area contributed by atoms with Crippen LogP contribution >= 0.6 is 0 Å². The molecule has 1 fully saturated rings. The maximum absolute atomic E-state index is 11.3. The van der Waals surface area contributed by atoms with Crippen molar-refractivity contribution in [1.82, 2.24) is 0 Å². The van der Waals surface area contributed by atoms with Crippen LogP contribution in [0.4, 0.5) is 0 Å². The molecular weight excluding hydrogens is 210 g/mol. The lowest BCUT2D eigenvalue weighted by atomic mass is 9.97. The van der Waals surface area contributed by atoms with Gasteiger partial charge in [-0.15, -0.1) is 0 Å². The molecule has 0 saturated heterocycles. The van der Waals surface area contributed by atoms with Crippen LogP contribution in [0.5, 0.6) is 0 Å². The van der Waals surface area contributed by atoms with E-state index in [-0.39, 0.29) is 22.7 Å². The molecule has 1 rings (SSSR count). The molecule has 0 aromatic heterocycles. The van der Waals surface area contributed by atoms with Gasteiger partial charge in [0.1, 0.15) is 0 Å². The van der Waals surface area contributed by atoms with Crippen molar-refractivity contribution >= 4 is 5.97 Å². The predicted molar refractivity (Wildman–Crippen MR) is 58.5 cm³/mol. The largest absolute Gasteiger partial charge is 0.466 e. The molecule has 5 nitrogen and oxygen atoms in total. The van der Waals surface area contributed by atoms with Crippen LogP contribution in [0.1, 0.15) is 39.5 Å². The first kappa shape index (κ1) is 12.9. The summed E-state index contributed by atoms with van der Waals surface area (Å²) in [4.78, 5) is 21.7. The highest BCUT2D eigenvalue weighted by atomic mass is 16.6. The molecule has 0 aromatic carbocycles. The molecule has 0 spiro atoms. The zero-order valence-corrected chi connectivity index (χ0v) is 9.85. The summed E-state index contributed by atoms with van der Waals surface area (Å²) in [5, 5.41) is 10.6. The zero-order chi connectivity index (χ0) is 12.1. The van der Waals surface area contributed by atoms with Crippen molar-refractivity contribution < 1.29 is 14.5 Å². The molecule has 3 atom stereocenters. The summed E-state index contributed by atoms with van der Waals surface area (Å²) in [7, 11) is 0. The van der Waals surface area contributed by atoms with Crippen LogP contribution in [0, 0.1) is 22.0 Å². The molecule has 92 valence electrons. The van der Waals surface area contributed by atoms with Crippen molar-refractivity contribution in [2.45, 2.75) is 45.6 Å². The van der Waals surface area contributed by atoms with Gasteiger partial charge >= 0.3 is 5.97 Å². The third kappa shape index (κ3) is 3.47. The Hall–Kier alpha value is -1.13. The van der Waals surface area contributed by atoms with Gasteiger partial charge in [-0.3, -0.25) is 14.9 Å². The van der Waals surface area contributed by atoms with E-state index >= 15 is 0 Å². The number of carbonyl (C=O) groups is 1. The SMILES string of the molecule is CCOC(=O)C[C@@H]1CC[C@@H]([C@@H](C)[N+](=O)[O-])C1. The summed E-state index contributed by atoms with van der Waals surface area (Å²) in [5.41, 5.74) is 0. The summed E-state index contributed by atoms with van der Waals surface area (Å²) in [6, 6.07) is -0.493. The van der Waals surface area contributed by atoms with E-state index in [0.29, 0.717) is 13.0 Å². The summed E-state index contributed by atoms with van der Waals surface area (Å²) in [5.74, 6) is 0.211. The fourth-order valence-electron chi connectivity index (χ4n) is 2.36. The molecule has 0 aromatic rings. The van der Waals surface area contributed by atoms with E-state index < -0.39 is 6.04 Å². The molecule has 1 aliphatic carbocycles. The second-order valence-electron chi connectivity index (χ2n) is 4.47. The minimum Gasteiger partial charge on any atom is -0.466 e. The van der Waals surface area contributed by atoms with Crippen molar-refractivity contribution in [2.75, 3.05) is 6.61 Å². The van der Waals surface area contributed by atoms with Gasteiger partial charge in [0.15, 0.2) is 0 Å². The molecular formula is C11H19NO4. The number of hydrogen-bond acceptors (Lipinski definition) is 4. The molecule has 0 heterocycles. The first-order valence-corrected chi connectivity index (χ1v) is 5.83. The lowest BCUT2D eigenvalue weighted by molar-refractivity contribution is -0.527. The van der Waals surface area contributed by atoms with Crippen LogP contribution < -0.4 is 0 Å². The highest BCUT2D eigenvalue weighted by Crippen LogP contribution is 2.35. The third-order valence-electron chi connectivity index (χ3n) is 3.36. The molecule has 1 aliphatic rings. The highest BCUT2D eigenvalue weighted by Gasteiger charge is 2.35. The average Bonchev–Trinajstić information content (AvgIpc) is 2.65. The van der Waals surface area contributed by atoms with Crippen LogP contribution in [0.2, 0.25) is 0 Å². The standard InChI is InChI=1S/C11H19NO4/c1-3-16-11(13)7-9-4-5-10(6-9)8(2)12(14)15/h8-10H,3-7H2,1-2H3/t8-,9-,10-/m1/s1. The summed E-state index contributed by atoms with van der Waals surface area (Å²) in [6.45, 7) is 3.84. The van der Waals surface area contributed by atoms with Crippen molar-refractivity contribution in [1.29, 1.82) is 0 Å². The maximum atomic E-state index is 11.3. The monoisotopic (exact) mass is 229 g/mol. The van der Waals surface area contributed by atoms with Crippen LogP contribution in [0.3, 0.4) is 0 Å². The van der Waals surface area contributed by atoms with Gasteiger partial charge < -0.3 is 4.74 Å². The number of carbonyl (C=O) groups excluding carboxylic acids is 1. The Morgan fingerprint density at radius 2 is 2.25 bits per heavy atom. The van der Waals surface area contributed by atoms with E-state index in [1.165, 1.54) is 0 Å². The Morgan fingerprint density at radius 1 is 1.56 bits per heavy atom. The van der Waals surface area contributed by atoms with E-state index in [2.05, 4.69) is 0 Å². The number of ether oxygens (including phenoxy) is 1. The Labute approximate surface area is 95.3 Å². The molecule has 1 saturated carbocycles. The normalized spacial score (nSPS) is 26.4. The number of nitrogens with zero attached hydrogens (tertiary/aromatic N) is 1. The van der Waals surface area contributed by atoms with Gasteiger partial charge in [-0.25, -0.2) is 0 Å². The van der Waals surface area contributed by atoms with Crippen molar-refractivity contribution in [3.8, 4) is 0 Å². The second kappa shape index (κ2) is 5.82. The van der Waals surface area contributed by atoms with Crippen LogP contribution in [-0.2, 0) is 9.53 Å². The van der Waals surface area contributed by atoms with Crippen molar-refractivity contribution in [2.24, 2.45) is 11.8 Å². The number of rotatable bonds is 5. The third-order valence-corrected chi connectivity index (χ3v) is 3.36. The van der Waals surface area contributed by atoms with E-state index in [4.69, 9.17) is 4.74 Å². The molecule has 5 heteroatoms. The topological polar surface area (TPSA) is 69.4 Å². The molecule has 0 radical (unpaired) electrons. The minimum atomic E-state index is -0.493. The van der Waals surface area contributed by atoms with Gasteiger partial charge in [0.2, 0.25) is 6.04 Å². The van der Waals surface area contributed by atoms with Crippen LogP contribution in [0.15, 0.2) is 0 Å². The second-order valence-corrected chi connectivity index (χ2v) is 4.47. The average molecular weight is 229 g/mol. The van der Waals surface area contributed by atoms with E-state index in [1.54, 1.807) is 13.8 Å². The minimum absolute atomic E-state index is 0.120. The number of hydrogen-bond donors (Lipinski definition) is 0. The fraction of sp³-hybridized carbons (Fsp3) is 0.909. The molecule has 0 aliphatic heterocycles. The fourth-order valence-corrected chi connectivity index (χ4v) is 2.36. The first-order chi connectivity index (χ1) is 7.54. The van der Waals surface area contributed by atoms with Gasteiger partial charge in [-0.1, -0.05) is 0 Å². The van der Waals surface area contributed by atoms with Crippen molar-refractivity contribution in [3.63, 3.8) is 0 Å². The van der Waals surface area contributed by atoms with E-state index in [1.807, 2.05) is 0 Å². The lowest BCUT2D eigenvalue weighted by Crippen LogP contribution is -2.24. The Kier molecular flexibility index (Phi) is 4.71. The van der Waals surface area contributed by atoms with Crippen molar-refractivity contribution in [3.05, 3.63) is 10.1 Å². The van der Waals surface area contributed by atoms with Crippen LogP contribution in [-0.4, -0.2) is 23.5 Å². The zero-order valence-electron chi connectivity index (χ0n) is 9.85. The quantitative estimate of drug-likeness (QED) is 0.411. The molecule has 16 heavy (non-hydrogen) atoms. The number of esters is 1. The van der Waals surface area contributed by atoms with Gasteiger partial charge in [0.05, 0.1) is 6.61 Å². The first-order valence-electron chi connectivity index (χ1n) is 5.83. The van der Waals surface area contributed by atoms with Gasteiger partial charge in [-0.2, -0.15) is 0 Å². The highest BCUT2D eigenvalue weighted by molar-refractivity contribution is 5.69. The molecule has 0 N–H and O–H groups in total. The maximum Gasteiger partial charge on any atom is 0.306 e. The van der Waals surface area contributed by atoms with Gasteiger partial charge in [0.25, 0.3) is 0 Å². The van der Waals surface area contributed by atoms with E-state index in [9.17, 15) is 14.9 Å². The van der Waals surface area contributed by atoms with Crippen LogP contribution in [0.25, 0.3) is 0 Å². The van der Waals surface area contributed by atoms with Gasteiger partial charge in [0, 0.05) is 24.2 Å². The van der Waals surface area contributed by atoms with E-state index in [0.717, 1.165) is 19.3 Å². The Morgan fingerprint density at radius 3 is 2.81 bits per heavy atom. The summed E-state index contributed by atoms with van der Waals surface area (Å²) in [6.07, 6.45) is 2.95. The molecule has 0 bridgehead atoms. The Balaban J connectivity index is 2.35. The summed E-state index contributed by atoms with van der Waals surface area (Å²) < 4.78 is 4.87. The molecule has 0 amide bonds. The smallest absolute Gasteiger partial charge is 0.306 e. The van der Waals surface area contributed by atoms with Gasteiger partial charge in [-0.05, 0) is 32.1 Å². The number of nitro groups is 1. The Bertz CT molecular complexity index is 267. The molecule has 0 unspecified atom stereocenters. The summed E-state index contributed by atoms with van der Waals surface area (Å²) >= 11 is 0. The lowest BCUT2D eigenvalue weighted by Gasteiger charge is -2.12.